The highest BCUT2D eigenvalue weighted by Gasteiger charge is 2.46. The van der Waals surface area contributed by atoms with E-state index in [1.54, 1.807) is 4.90 Å². The molecule has 1 heterocycles. The molecule has 0 spiro atoms. The maximum Gasteiger partial charge on any atom is 0.230 e. The maximum atomic E-state index is 12.9. The lowest BCUT2D eigenvalue weighted by atomic mass is 9.78. The SMILES string of the molecule is CCCC(CN)(CCC)C(=O)N1CCC(C)(C(N)=O)C1. The Morgan fingerprint density at radius 2 is 1.80 bits per heavy atom. The molecule has 2 amide bonds. The van der Waals surface area contributed by atoms with Gasteiger partial charge in [-0.2, -0.15) is 0 Å². The van der Waals surface area contributed by atoms with E-state index in [1.807, 2.05) is 6.92 Å². The fourth-order valence-corrected chi connectivity index (χ4v) is 3.26. The minimum absolute atomic E-state index is 0.105. The van der Waals surface area contributed by atoms with Gasteiger partial charge in [-0.1, -0.05) is 26.7 Å². The lowest BCUT2D eigenvalue weighted by molar-refractivity contribution is -0.142. The number of carbonyl (C=O) groups excluding carboxylic acids is 2. The number of amides is 2. The van der Waals surface area contributed by atoms with Gasteiger partial charge in [-0.25, -0.2) is 0 Å². The largest absolute Gasteiger partial charge is 0.369 e. The summed E-state index contributed by atoms with van der Waals surface area (Å²) in [5.74, 6) is -0.217. The molecule has 1 rings (SSSR count). The predicted molar refractivity (Wildman–Crippen MR) is 79.8 cm³/mol. The van der Waals surface area contributed by atoms with Crippen LogP contribution in [-0.2, 0) is 9.59 Å². The molecule has 5 heteroatoms. The second kappa shape index (κ2) is 6.57. The summed E-state index contributed by atoms with van der Waals surface area (Å²) in [5.41, 5.74) is 10.3. The van der Waals surface area contributed by atoms with E-state index in [0.717, 1.165) is 25.7 Å². The first kappa shape index (κ1) is 17.0. The zero-order chi connectivity index (χ0) is 15.4. The molecular formula is C15H29N3O2. The molecule has 1 aliphatic heterocycles. The predicted octanol–water partition coefficient (Wildman–Crippen LogP) is 1.26. The number of likely N-dealkylation sites (tertiary alicyclic amines) is 1. The second-order valence-corrected chi connectivity index (χ2v) is 6.39. The molecule has 116 valence electrons. The van der Waals surface area contributed by atoms with Gasteiger partial charge in [0.1, 0.15) is 0 Å². The van der Waals surface area contributed by atoms with Crippen molar-refractivity contribution in [3.05, 3.63) is 0 Å². The lowest BCUT2D eigenvalue weighted by Gasteiger charge is -2.35. The summed E-state index contributed by atoms with van der Waals surface area (Å²) in [6.45, 7) is 7.39. The van der Waals surface area contributed by atoms with E-state index < -0.39 is 10.8 Å². The average Bonchev–Trinajstić information content (AvgIpc) is 2.81. The van der Waals surface area contributed by atoms with Crippen LogP contribution < -0.4 is 11.5 Å². The Hall–Kier alpha value is -1.10. The molecule has 1 unspecified atom stereocenters. The molecule has 0 aliphatic carbocycles. The fourth-order valence-electron chi connectivity index (χ4n) is 3.26. The van der Waals surface area contributed by atoms with Gasteiger partial charge in [-0.05, 0) is 26.2 Å². The number of nitrogens with two attached hydrogens (primary N) is 2. The molecule has 0 saturated carbocycles. The van der Waals surface area contributed by atoms with Crippen LogP contribution in [0.4, 0.5) is 0 Å². The van der Waals surface area contributed by atoms with E-state index in [9.17, 15) is 9.59 Å². The van der Waals surface area contributed by atoms with Gasteiger partial charge in [-0.15, -0.1) is 0 Å². The van der Waals surface area contributed by atoms with Crippen LogP contribution in [0, 0.1) is 10.8 Å². The number of hydrogen-bond acceptors (Lipinski definition) is 3. The summed E-state index contributed by atoms with van der Waals surface area (Å²) in [6.07, 6.45) is 4.13. The van der Waals surface area contributed by atoms with Crippen LogP contribution in [0.25, 0.3) is 0 Å². The molecular weight excluding hydrogens is 254 g/mol. The molecule has 1 aliphatic rings. The number of nitrogens with zero attached hydrogens (tertiary/aromatic N) is 1. The van der Waals surface area contributed by atoms with E-state index in [4.69, 9.17) is 11.5 Å². The number of hydrogen-bond donors (Lipinski definition) is 2. The van der Waals surface area contributed by atoms with Crippen molar-refractivity contribution in [2.75, 3.05) is 19.6 Å². The molecule has 1 atom stereocenters. The number of carbonyl (C=O) groups is 2. The average molecular weight is 283 g/mol. The summed E-state index contributed by atoms with van der Waals surface area (Å²) in [5, 5.41) is 0. The summed E-state index contributed by atoms with van der Waals surface area (Å²) < 4.78 is 0. The van der Waals surface area contributed by atoms with Crippen LogP contribution in [0.3, 0.4) is 0 Å². The fraction of sp³-hybridized carbons (Fsp3) is 0.867. The highest BCUT2D eigenvalue weighted by molar-refractivity contribution is 5.86. The molecule has 1 saturated heterocycles. The summed E-state index contributed by atoms with van der Waals surface area (Å²) in [7, 11) is 0. The molecule has 1 fully saturated rings. The molecule has 0 bridgehead atoms. The minimum atomic E-state index is -0.589. The Kier molecular flexibility index (Phi) is 5.57. The highest BCUT2D eigenvalue weighted by atomic mass is 16.2. The minimum Gasteiger partial charge on any atom is -0.369 e. The van der Waals surface area contributed by atoms with Gasteiger partial charge in [0, 0.05) is 19.6 Å². The Labute approximate surface area is 122 Å². The maximum absolute atomic E-state index is 12.9. The normalized spacial score (nSPS) is 23.1. The van der Waals surface area contributed by atoms with Gasteiger partial charge in [-0.3, -0.25) is 9.59 Å². The topological polar surface area (TPSA) is 89.4 Å². The van der Waals surface area contributed by atoms with Gasteiger partial charge in [0.05, 0.1) is 10.8 Å². The van der Waals surface area contributed by atoms with Crippen molar-refractivity contribution in [2.45, 2.75) is 52.9 Å². The zero-order valence-corrected chi connectivity index (χ0v) is 13.1. The van der Waals surface area contributed by atoms with Gasteiger partial charge >= 0.3 is 0 Å². The van der Waals surface area contributed by atoms with Crippen LogP contribution in [0.2, 0.25) is 0 Å². The van der Waals surface area contributed by atoms with Crippen molar-refractivity contribution in [3.8, 4) is 0 Å². The smallest absolute Gasteiger partial charge is 0.230 e. The van der Waals surface area contributed by atoms with E-state index >= 15 is 0 Å². The third-order valence-corrected chi connectivity index (χ3v) is 4.66. The van der Waals surface area contributed by atoms with Crippen molar-refractivity contribution < 1.29 is 9.59 Å². The van der Waals surface area contributed by atoms with Gasteiger partial charge in [0.2, 0.25) is 11.8 Å². The Balaban J connectivity index is 2.89. The van der Waals surface area contributed by atoms with Crippen LogP contribution >= 0.6 is 0 Å². The lowest BCUT2D eigenvalue weighted by Crippen LogP contribution is -2.48. The first-order valence-corrected chi connectivity index (χ1v) is 7.64. The molecule has 0 aromatic heterocycles. The quantitative estimate of drug-likeness (QED) is 0.737. The standard InChI is InChI=1S/C15H29N3O2/c1-4-6-15(10-16,7-5-2)13(20)18-9-8-14(3,11-18)12(17)19/h4-11,16H2,1-3H3,(H2,17,19). The third-order valence-electron chi connectivity index (χ3n) is 4.66. The molecule has 20 heavy (non-hydrogen) atoms. The van der Waals surface area contributed by atoms with Crippen molar-refractivity contribution in [1.82, 2.24) is 4.90 Å². The molecule has 4 N–H and O–H groups in total. The second-order valence-electron chi connectivity index (χ2n) is 6.39. The van der Waals surface area contributed by atoms with Crippen LogP contribution in [0.5, 0.6) is 0 Å². The Morgan fingerprint density at radius 1 is 1.25 bits per heavy atom. The van der Waals surface area contributed by atoms with Crippen molar-refractivity contribution >= 4 is 11.8 Å². The highest BCUT2D eigenvalue weighted by Crippen LogP contribution is 2.36. The summed E-state index contributed by atoms with van der Waals surface area (Å²) >= 11 is 0. The number of rotatable bonds is 7. The van der Waals surface area contributed by atoms with Crippen molar-refractivity contribution in [1.29, 1.82) is 0 Å². The van der Waals surface area contributed by atoms with Crippen LogP contribution in [0.1, 0.15) is 52.9 Å². The first-order valence-electron chi connectivity index (χ1n) is 7.64. The van der Waals surface area contributed by atoms with Crippen LogP contribution in [-0.4, -0.2) is 36.3 Å². The van der Waals surface area contributed by atoms with Crippen LogP contribution in [0.15, 0.2) is 0 Å². The molecule has 0 aromatic rings. The molecule has 0 aromatic carbocycles. The van der Waals surface area contributed by atoms with E-state index in [1.165, 1.54) is 0 Å². The zero-order valence-electron chi connectivity index (χ0n) is 13.1. The van der Waals surface area contributed by atoms with Crippen molar-refractivity contribution in [2.24, 2.45) is 22.3 Å². The third kappa shape index (κ3) is 3.14. The van der Waals surface area contributed by atoms with E-state index in [-0.39, 0.29) is 11.8 Å². The van der Waals surface area contributed by atoms with Gasteiger partial charge in [0.25, 0.3) is 0 Å². The van der Waals surface area contributed by atoms with Crippen molar-refractivity contribution in [3.63, 3.8) is 0 Å². The van der Waals surface area contributed by atoms with E-state index in [2.05, 4.69) is 13.8 Å². The van der Waals surface area contributed by atoms with Gasteiger partial charge in [0.15, 0.2) is 0 Å². The van der Waals surface area contributed by atoms with E-state index in [0.29, 0.717) is 26.1 Å². The first-order chi connectivity index (χ1) is 9.35. The Morgan fingerprint density at radius 3 is 2.15 bits per heavy atom. The summed E-state index contributed by atoms with van der Waals surface area (Å²) in [4.78, 5) is 26.2. The number of primary amides is 1. The molecule has 0 radical (unpaired) electrons. The van der Waals surface area contributed by atoms with Gasteiger partial charge < -0.3 is 16.4 Å². The molecule has 5 nitrogen and oxygen atoms in total. The summed E-state index contributed by atoms with van der Waals surface area (Å²) in [6, 6.07) is 0. The Bertz CT molecular complexity index is 364. The monoisotopic (exact) mass is 283 g/mol.